The lowest BCUT2D eigenvalue weighted by Gasteiger charge is -2.17. The van der Waals surface area contributed by atoms with Crippen LogP contribution in [-0.2, 0) is 28.1 Å². The van der Waals surface area contributed by atoms with E-state index >= 15 is 0 Å². The Kier molecular flexibility index (Phi) is 11.8. The van der Waals surface area contributed by atoms with E-state index in [9.17, 15) is 53.5 Å². The average Bonchev–Trinajstić information content (AvgIpc) is 3.01. The number of hydrogen-bond acceptors (Lipinski definition) is 5. The first-order chi connectivity index (χ1) is 22.7. The first kappa shape index (κ1) is 38.0. The van der Waals surface area contributed by atoms with E-state index in [0.717, 1.165) is 54.6 Å². The molecule has 0 aliphatic heterocycles. The largest absolute Gasteiger partial charge is 0.496 e. The number of carboxylic acid groups (broad SMARTS) is 2. The van der Waals surface area contributed by atoms with Crippen molar-refractivity contribution in [2.24, 2.45) is 0 Å². The molecule has 49 heavy (non-hydrogen) atoms. The topological polar surface area (TPSA) is 102 Å². The normalized spacial score (nSPS) is 11.7. The Morgan fingerprint density at radius 1 is 0.571 bits per heavy atom. The quantitative estimate of drug-likeness (QED) is 0.168. The summed E-state index contributed by atoms with van der Waals surface area (Å²) in [6.45, 7) is -1.66. The number of methoxy groups -OCH3 is 1. The Morgan fingerprint density at radius 3 is 1.43 bits per heavy atom. The van der Waals surface area contributed by atoms with Crippen LogP contribution in [0.4, 0.5) is 43.9 Å². The molecule has 0 spiro atoms. The number of carbonyl (C=O) groups is 2. The Labute approximate surface area is 269 Å². The monoisotopic (exact) mass is 708 g/mol. The summed E-state index contributed by atoms with van der Waals surface area (Å²) in [7, 11) is 1.28. The SMILES string of the molecule is COc1ccc(F)cc1-c1cc(C(F)(F)F)ccc1OCC(=O)O.O=C(O)COc1ccc(C(F)(F)F)cc1-c1ccccc1C(F)(F)F. The fraction of sp³-hybridized carbons (Fsp3) is 0.188. The first-order valence-corrected chi connectivity index (χ1v) is 13.3. The molecule has 0 saturated heterocycles. The van der Waals surface area contributed by atoms with Crippen molar-refractivity contribution in [2.45, 2.75) is 18.5 Å². The molecule has 17 heteroatoms. The highest BCUT2D eigenvalue weighted by Gasteiger charge is 2.36. The predicted molar refractivity (Wildman–Crippen MR) is 152 cm³/mol. The lowest BCUT2D eigenvalue weighted by Crippen LogP contribution is -2.12. The maximum absolute atomic E-state index is 13.5. The predicted octanol–water partition coefficient (Wildman–Crippen LogP) is 8.84. The van der Waals surface area contributed by atoms with Crippen LogP contribution in [0.5, 0.6) is 17.2 Å². The van der Waals surface area contributed by atoms with E-state index < -0.39 is 83.1 Å². The van der Waals surface area contributed by atoms with Crippen LogP contribution >= 0.6 is 0 Å². The summed E-state index contributed by atoms with van der Waals surface area (Å²) in [6.07, 6.45) is -14.2. The zero-order valence-corrected chi connectivity index (χ0v) is 24.6. The number of aliphatic carboxylic acids is 2. The Morgan fingerprint density at radius 2 is 1.00 bits per heavy atom. The van der Waals surface area contributed by atoms with Gasteiger partial charge < -0.3 is 24.4 Å². The number of halogens is 10. The van der Waals surface area contributed by atoms with Gasteiger partial charge in [-0.15, -0.1) is 0 Å². The summed E-state index contributed by atoms with van der Waals surface area (Å²) in [5.41, 5.74) is -4.46. The van der Waals surface area contributed by atoms with E-state index in [-0.39, 0.29) is 22.6 Å². The summed E-state index contributed by atoms with van der Waals surface area (Å²) in [5, 5.41) is 17.3. The Bertz CT molecular complexity index is 1800. The average molecular weight is 709 g/mol. The van der Waals surface area contributed by atoms with Crippen molar-refractivity contribution in [3.63, 3.8) is 0 Å². The van der Waals surface area contributed by atoms with Crippen molar-refractivity contribution < 1.29 is 77.9 Å². The number of hydrogen-bond donors (Lipinski definition) is 2. The fourth-order valence-corrected chi connectivity index (χ4v) is 4.22. The minimum atomic E-state index is -4.81. The number of carboxylic acids is 2. The number of benzene rings is 4. The standard InChI is InChI=1S/C16H10F6O3.C16H12F4O4/c17-15(18,19)9-5-6-13(25-8-14(23)24)11(7-9)10-3-1-2-4-12(10)16(20,21)22;1-23-13-5-3-10(17)7-12(13)11-6-9(16(18,19)20)2-4-14(11)24-8-15(21)22/h1-7H,8H2,(H,23,24);2-7H,8H2,1H3,(H,21,22). The third-order valence-electron chi connectivity index (χ3n) is 6.29. The summed E-state index contributed by atoms with van der Waals surface area (Å²) in [6, 6.07) is 11.8. The molecule has 0 saturated carbocycles. The maximum atomic E-state index is 13.5. The first-order valence-electron chi connectivity index (χ1n) is 13.3. The van der Waals surface area contributed by atoms with Gasteiger partial charge in [0.25, 0.3) is 0 Å². The summed E-state index contributed by atoms with van der Waals surface area (Å²) in [5.74, 6) is -3.81. The highest BCUT2D eigenvalue weighted by molar-refractivity contribution is 5.78. The van der Waals surface area contributed by atoms with Crippen LogP contribution < -0.4 is 14.2 Å². The zero-order chi connectivity index (χ0) is 36.7. The Hall–Kier alpha value is -5.48. The van der Waals surface area contributed by atoms with Crippen LogP contribution in [0, 0.1) is 5.82 Å². The van der Waals surface area contributed by atoms with Crippen molar-refractivity contribution in [2.75, 3.05) is 20.3 Å². The van der Waals surface area contributed by atoms with Crippen LogP contribution in [0.3, 0.4) is 0 Å². The molecule has 0 fully saturated rings. The van der Waals surface area contributed by atoms with E-state index in [2.05, 4.69) is 0 Å². The summed E-state index contributed by atoms with van der Waals surface area (Å²) >= 11 is 0. The minimum Gasteiger partial charge on any atom is -0.496 e. The summed E-state index contributed by atoms with van der Waals surface area (Å²) in [4.78, 5) is 21.2. The highest BCUT2D eigenvalue weighted by atomic mass is 19.4. The number of rotatable bonds is 9. The highest BCUT2D eigenvalue weighted by Crippen LogP contribution is 2.43. The van der Waals surface area contributed by atoms with Crippen molar-refractivity contribution in [3.05, 3.63) is 101 Å². The van der Waals surface area contributed by atoms with Gasteiger partial charge in [0.15, 0.2) is 13.2 Å². The van der Waals surface area contributed by atoms with E-state index in [4.69, 9.17) is 24.4 Å². The second-order valence-electron chi connectivity index (χ2n) is 9.67. The molecule has 4 rings (SSSR count). The molecule has 0 heterocycles. The van der Waals surface area contributed by atoms with Crippen molar-refractivity contribution in [1.29, 1.82) is 0 Å². The van der Waals surface area contributed by atoms with E-state index in [1.165, 1.54) is 19.2 Å². The maximum Gasteiger partial charge on any atom is 0.417 e. The molecule has 0 atom stereocenters. The molecule has 0 aliphatic carbocycles. The third kappa shape index (κ3) is 10.3. The molecule has 0 aromatic heterocycles. The van der Waals surface area contributed by atoms with Gasteiger partial charge in [0.2, 0.25) is 0 Å². The molecule has 2 N–H and O–H groups in total. The van der Waals surface area contributed by atoms with Crippen molar-refractivity contribution >= 4 is 11.9 Å². The molecule has 0 amide bonds. The van der Waals surface area contributed by atoms with Gasteiger partial charge >= 0.3 is 30.5 Å². The lowest BCUT2D eigenvalue weighted by molar-refractivity contribution is -0.140. The van der Waals surface area contributed by atoms with Gasteiger partial charge in [-0.1, -0.05) is 18.2 Å². The fourth-order valence-electron chi connectivity index (χ4n) is 4.22. The number of alkyl halides is 9. The molecule has 262 valence electrons. The van der Waals surface area contributed by atoms with Gasteiger partial charge in [-0.25, -0.2) is 14.0 Å². The summed E-state index contributed by atoms with van der Waals surface area (Å²) < 4.78 is 145. The van der Waals surface area contributed by atoms with Gasteiger partial charge in [-0.2, -0.15) is 39.5 Å². The molecule has 7 nitrogen and oxygen atoms in total. The van der Waals surface area contributed by atoms with E-state index in [0.29, 0.717) is 12.1 Å². The van der Waals surface area contributed by atoms with Crippen LogP contribution in [0.25, 0.3) is 22.3 Å². The number of ether oxygens (including phenoxy) is 3. The van der Waals surface area contributed by atoms with Crippen molar-refractivity contribution in [3.8, 4) is 39.5 Å². The van der Waals surface area contributed by atoms with Crippen LogP contribution in [0.15, 0.2) is 78.9 Å². The minimum absolute atomic E-state index is 0.0176. The van der Waals surface area contributed by atoms with E-state index in [1.807, 2.05) is 0 Å². The zero-order valence-electron chi connectivity index (χ0n) is 24.6. The molecule has 0 radical (unpaired) electrons. The molecule has 0 unspecified atom stereocenters. The third-order valence-corrected chi connectivity index (χ3v) is 6.29. The second-order valence-corrected chi connectivity index (χ2v) is 9.67. The second kappa shape index (κ2) is 15.2. The molecule has 0 bridgehead atoms. The molecular formula is C32H22F10O7. The lowest BCUT2D eigenvalue weighted by atomic mass is 9.96. The molecular weight excluding hydrogens is 686 g/mol. The van der Waals surface area contributed by atoms with Gasteiger partial charge in [-0.05, 0) is 66.2 Å². The van der Waals surface area contributed by atoms with Gasteiger partial charge in [0.1, 0.15) is 23.1 Å². The van der Waals surface area contributed by atoms with Crippen LogP contribution in [0.1, 0.15) is 16.7 Å². The van der Waals surface area contributed by atoms with Crippen LogP contribution in [-0.4, -0.2) is 42.5 Å². The van der Waals surface area contributed by atoms with Crippen LogP contribution in [0.2, 0.25) is 0 Å². The van der Waals surface area contributed by atoms with E-state index in [1.54, 1.807) is 0 Å². The van der Waals surface area contributed by atoms with Gasteiger partial charge in [-0.3, -0.25) is 0 Å². The smallest absolute Gasteiger partial charge is 0.417 e. The molecule has 4 aromatic carbocycles. The van der Waals surface area contributed by atoms with Crippen molar-refractivity contribution in [1.82, 2.24) is 0 Å². The van der Waals surface area contributed by atoms with Gasteiger partial charge in [0, 0.05) is 16.7 Å². The molecule has 4 aromatic rings. The molecule has 0 aliphatic rings. The Balaban J connectivity index is 0.000000266. The van der Waals surface area contributed by atoms with Gasteiger partial charge in [0.05, 0.1) is 23.8 Å².